The van der Waals surface area contributed by atoms with Crippen LogP contribution >= 0.6 is 11.8 Å². The van der Waals surface area contributed by atoms with E-state index in [0.717, 1.165) is 32.0 Å². The smallest absolute Gasteiger partial charge is 0.119 e. The van der Waals surface area contributed by atoms with Crippen molar-refractivity contribution < 1.29 is 5.11 Å². The van der Waals surface area contributed by atoms with Crippen LogP contribution in [0, 0.1) is 5.92 Å². The van der Waals surface area contributed by atoms with Gasteiger partial charge in [0.2, 0.25) is 0 Å². The van der Waals surface area contributed by atoms with Gasteiger partial charge in [-0.1, -0.05) is 12.8 Å². The van der Waals surface area contributed by atoms with Gasteiger partial charge < -0.3 is 10.8 Å². The molecule has 3 N–H and O–H groups in total. The Morgan fingerprint density at radius 3 is 2.89 bits per heavy atom. The second-order valence-electron chi connectivity index (χ2n) is 5.75. The minimum absolute atomic E-state index is 0.188. The molecule has 0 bridgehead atoms. The van der Waals surface area contributed by atoms with E-state index < -0.39 is 0 Å². The van der Waals surface area contributed by atoms with Crippen LogP contribution in [0.3, 0.4) is 0 Å². The van der Waals surface area contributed by atoms with Gasteiger partial charge in [0.05, 0.1) is 0 Å². The van der Waals surface area contributed by atoms with Crippen molar-refractivity contribution in [1.29, 1.82) is 0 Å². The molecule has 106 valence electrons. The minimum atomic E-state index is -0.188. The van der Waals surface area contributed by atoms with Crippen LogP contribution in [0.4, 0.5) is 0 Å². The van der Waals surface area contributed by atoms with E-state index in [-0.39, 0.29) is 6.23 Å². The van der Waals surface area contributed by atoms with Crippen molar-refractivity contribution in [3.63, 3.8) is 0 Å². The molecular weight excluding hydrogens is 244 g/mol. The molecule has 3 atom stereocenters. The summed E-state index contributed by atoms with van der Waals surface area (Å²) in [4.78, 5) is 2.32. The summed E-state index contributed by atoms with van der Waals surface area (Å²) in [6, 6.07) is 0. The van der Waals surface area contributed by atoms with E-state index in [1.165, 1.54) is 44.3 Å². The van der Waals surface area contributed by atoms with Crippen LogP contribution in [-0.4, -0.2) is 46.9 Å². The lowest BCUT2D eigenvalue weighted by atomic mass is 10.0. The highest BCUT2D eigenvalue weighted by molar-refractivity contribution is 8.00. The molecule has 0 aromatic carbocycles. The van der Waals surface area contributed by atoms with Crippen molar-refractivity contribution in [2.75, 3.05) is 25.4 Å². The molecule has 0 aliphatic carbocycles. The van der Waals surface area contributed by atoms with E-state index in [4.69, 9.17) is 5.73 Å². The highest BCUT2D eigenvalue weighted by Crippen LogP contribution is 2.32. The van der Waals surface area contributed by atoms with Crippen LogP contribution in [0.15, 0.2) is 0 Å². The van der Waals surface area contributed by atoms with Crippen molar-refractivity contribution in [2.45, 2.75) is 56.4 Å². The molecule has 2 aliphatic heterocycles. The second kappa shape index (κ2) is 7.73. The minimum Gasteiger partial charge on any atom is -0.377 e. The SMILES string of the molecule is NCCCCCC1CCN(C(O)C2CCCS2)C1. The number of nitrogens with zero attached hydrogens (tertiary/aromatic N) is 1. The molecule has 3 nitrogen and oxygen atoms in total. The highest BCUT2D eigenvalue weighted by atomic mass is 32.2. The summed E-state index contributed by atoms with van der Waals surface area (Å²) in [5.74, 6) is 2.04. The van der Waals surface area contributed by atoms with Gasteiger partial charge in [0.25, 0.3) is 0 Å². The fourth-order valence-electron chi connectivity index (χ4n) is 3.17. The summed E-state index contributed by atoms with van der Waals surface area (Å²) < 4.78 is 0. The van der Waals surface area contributed by atoms with Crippen molar-refractivity contribution in [3.8, 4) is 0 Å². The van der Waals surface area contributed by atoms with Gasteiger partial charge in [-0.15, -0.1) is 0 Å². The Morgan fingerprint density at radius 2 is 2.17 bits per heavy atom. The predicted octanol–water partition coefficient (Wildman–Crippen LogP) is 2.04. The molecule has 0 aromatic rings. The monoisotopic (exact) mass is 272 g/mol. The number of rotatable bonds is 7. The van der Waals surface area contributed by atoms with E-state index in [1.807, 2.05) is 11.8 Å². The summed E-state index contributed by atoms with van der Waals surface area (Å²) in [6.07, 6.45) is 8.63. The average Bonchev–Trinajstić information content (AvgIpc) is 3.05. The third-order valence-electron chi connectivity index (χ3n) is 4.31. The average molecular weight is 272 g/mol. The van der Waals surface area contributed by atoms with Gasteiger partial charge in [-0.2, -0.15) is 11.8 Å². The van der Waals surface area contributed by atoms with Crippen LogP contribution in [0.2, 0.25) is 0 Å². The number of hydrogen-bond acceptors (Lipinski definition) is 4. The molecular formula is C14H28N2OS. The zero-order valence-corrected chi connectivity index (χ0v) is 12.2. The Hall–Kier alpha value is 0.230. The molecule has 2 aliphatic rings. The molecule has 0 aromatic heterocycles. The molecule has 3 unspecified atom stereocenters. The standard InChI is InChI=1S/C14H28N2OS/c15-8-3-1-2-5-12-7-9-16(11-12)14(17)13-6-4-10-18-13/h12-14,17H,1-11,15H2. The Balaban J connectivity index is 1.64. The van der Waals surface area contributed by atoms with E-state index in [9.17, 15) is 5.11 Å². The van der Waals surface area contributed by atoms with Crippen LogP contribution in [0.25, 0.3) is 0 Å². The number of thioether (sulfide) groups is 1. The molecule has 0 radical (unpaired) electrons. The summed E-state index contributed by atoms with van der Waals surface area (Å²) >= 11 is 1.96. The van der Waals surface area contributed by atoms with E-state index in [2.05, 4.69) is 4.90 Å². The Kier molecular flexibility index (Phi) is 6.29. The summed E-state index contributed by atoms with van der Waals surface area (Å²) in [7, 11) is 0. The summed E-state index contributed by atoms with van der Waals surface area (Å²) in [6.45, 7) is 3.04. The van der Waals surface area contributed by atoms with Crippen LogP contribution in [0.5, 0.6) is 0 Å². The van der Waals surface area contributed by atoms with Crippen LogP contribution in [-0.2, 0) is 0 Å². The Morgan fingerprint density at radius 1 is 1.28 bits per heavy atom. The van der Waals surface area contributed by atoms with Crippen LogP contribution < -0.4 is 5.73 Å². The lowest BCUT2D eigenvalue weighted by Gasteiger charge is -2.27. The molecule has 2 heterocycles. The Labute approximate surface area is 115 Å². The van der Waals surface area contributed by atoms with Crippen molar-refractivity contribution in [1.82, 2.24) is 4.90 Å². The molecule has 0 amide bonds. The van der Waals surface area contributed by atoms with E-state index in [0.29, 0.717) is 5.25 Å². The molecule has 4 heteroatoms. The van der Waals surface area contributed by atoms with Gasteiger partial charge >= 0.3 is 0 Å². The maximum Gasteiger partial charge on any atom is 0.119 e. The maximum atomic E-state index is 10.4. The number of nitrogens with two attached hydrogens (primary N) is 1. The maximum absolute atomic E-state index is 10.4. The summed E-state index contributed by atoms with van der Waals surface area (Å²) in [5.41, 5.74) is 5.51. The number of likely N-dealkylation sites (tertiary alicyclic amines) is 1. The third-order valence-corrected chi connectivity index (χ3v) is 5.74. The molecule has 0 spiro atoms. The lowest BCUT2D eigenvalue weighted by Crippen LogP contribution is -2.39. The van der Waals surface area contributed by atoms with Gasteiger partial charge in [-0.3, -0.25) is 4.90 Å². The van der Waals surface area contributed by atoms with Gasteiger partial charge in [-0.05, 0) is 50.3 Å². The molecule has 2 rings (SSSR count). The number of hydrogen-bond donors (Lipinski definition) is 2. The lowest BCUT2D eigenvalue weighted by molar-refractivity contribution is 0.0160. The quantitative estimate of drug-likeness (QED) is 0.696. The van der Waals surface area contributed by atoms with Crippen LogP contribution in [0.1, 0.15) is 44.9 Å². The zero-order chi connectivity index (χ0) is 12.8. The van der Waals surface area contributed by atoms with Crippen molar-refractivity contribution in [2.24, 2.45) is 11.7 Å². The van der Waals surface area contributed by atoms with E-state index >= 15 is 0 Å². The van der Waals surface area contributed by atoms with Gasteiger partial charge in [0.15, 0.2) is 0 Å². The topological polar surface area (TPSA) is 49.5 Å². The number of aliphatic hydroxyl groups is 1. The predicted molar refractivity (Wildman–Crippen MR) is 78.7 cm³/mol. The molecule has 18 heavy (non-hydrogen) atoms. The largest absolute Gasteiger partial charge is 0.377 e. The van der Waals surface area contributed by atoms with Crippen molar-refractivity contribution >= 4 is 11.8 Å². The highest BCUT2D eigenvalue weighted by Gasteiger charge is 2.33. The fourth-order valence-corrected chi connectivity index (χ4v) is 4.48. The van der Waals surface area contributed by atoms with E-state index in [1.54, 1.807) is 0 Å². The summed E-state index contributed by atoms with van der Waals surface area (Å²) in [5, 5.41) is 10.8. The first-order chi connectivity index (χ1) is 8.81. The Bertz CT molecular complexity index is 234. The second-order valence-corrected chi connectivity index (χ2v) is 7.10. The first-order valence-corrected chi connectivity index (χ1v) is 8.60. The first kappa shape index (κ1) is 14.6. The van der Waals surface area contributed by atoms with Gasteiger partial charge in [0.1, 0.15) is 6.23 Å². The number of aliphatic hydroxyl groups excluding tert-OH is 1. The third kappa shape index (κ3) is 4.12. The molecule has 2 fully saturated rings. The zero-order valence-electron chi connectivity index (χ0n) is 11.4. The molecule has 2 saturated heterocycles. The number of unbranched alkanes of at least 4 members (excludes halogenated alkanes) is 2. The van der Waals surface area contributed by atoms with Gasteiger partial charge in [0, 0.05) is 18.3 Å². The fraction of sp³-hybridized carbons (Fsp3) is 1.00. The molecule has 0 saturated carbocycles. The van der Waals surface area contributed by atoms with Gasteiger partial charge in [-0.25, -0.2) is 0 Å². The normalized spacial score (nSPS) is 31.0. The first-order valence-electron chi connectivity index (χ1n) is 7.55. The van der Waals surface area contributed by atoms with Crippen molar-refractivity contribution in [3.05, 3.63) is 0 Å².